The molecule has 4 N–H and O–H groups in total. The fourth-order valence-corrected chi connectivity index (χ4v) is 5.40. The van der Waals surface area contributed by atoms with Gasteiger partial charge in [-0.2, -0.15) is 0 Å². The number of carbonyl (C=O) groups excluding carboxylic acids is 2. The second-order valence-corrected chi connectivity index (χ2v) is 10.2. The summed E-state index contributed by atoms with van der Waals surface area (Å²) >= 11 is 8.36. The fraction of sp³-hybridized carbons (Fsp3) is 0.179. The second-order valence-electron chi connectivity index (χ2n) is 8.75. The quantitative estimate of drug-likeness (QED) is 0.100. The molecule has 0 radical (unpaired) electrons. The molecule has 0 atom stereocenters. The zero-order valence-electron chi connectivity index (χ0n) is 21.0. The Morgan fingerprint density at radius 1 is 1.03 bits per heavy atom. The van der Waals surface area contributed by atoms with E-state index < -0.39 is 17.8 Å². The number of fused-ring (bicyclic) bond motifs is 1. The molecule has 0 aliphatic carbocycles. The van der Waals surface area contributed by atoms with Gasteiger partial charge in [-0.3, -0.25) is 9.59 Å². The summed E-state index contributed by atoms with van der Waals surface area (Å²) in [5, 5.41) is 25.7. The van der Waals surface area contributed by atoms with Gasteiger partial charge in [-0.25, -0.2) is 4.79 Å². The number of halogens is 2. The van der Waals surface area contributed by atoms with Gasteiger partial charge < -0.3 is 30.2 Å². The molecule has 0 fully saturated rings. The number of ether oxygens (including phenoxy) is 1. The minimum atomic E-state index is -1.22. The Balaban J connectivity index is 1.52. The van der Waals surface area contributed by atoms with Crippen LogP contribution in [0.25, 0.3) is 22.2 Å². The minimum Gasteiger partial charge on any atom is -0.507 e. The van der Waals surface area contributed by atoms with Crippen LogP contribution in [0.4, 0.5) is 11.4 Å². The summed E-state index contributed by atoms with van der Waals surface area (Å²) in [5.74, 6) is -2.79. The summed E-state index contributed by atoms with van der Waals surface area (Å²) < 4.78 is 8.20. The van der Waals surface area contributed by atoms with Crippen LogP contribution in [0.2, 0.25) is 5.02 Å². The van der Waals surface area contributed by atoms with E-state index in [0.717, 1.165) is 27.7 Å². The number of aromatic nitrogens is 1. The largest absolute Gasteiger partial charge is 0.507 e. The van der Waals surface area contributed by atoms with Crippen LogP contribution in [0.5, 0.6) is 11.5 Å². The average Bonchev–Trinajstić information content (AvgIpc) is 3.13. The van der Waals surface area contributed by atoms with Crippen LogP contribution in [0.15, 0.2) is 54.6 Å². The van der Waals surface area contributed by atoms with Gasteiger partial charge in [0.15, 0.2) is 0 Å². The number of hydrogen-bond acceptors (Lipinski definition) is 5. The van der Waals surface area contributed by atoms with Crippen LogP contribution in [-0.4, -0.2) is 39.2 Å². The third-order valence-corrected chi connectivity index (χ3v) is 7.42. The number of aromatic carboxylic acids is 1. The summed E-state index contributed by atoms with van der Waals surface area (Å²) in [6.07, 6.45) is 1.88. The van der Waals surface area contributed by atoms with Crippen LogP contribution in [-0.2, 0) is 16.6 Å². The Labute approximate surface area is 242 Å². The summed E-state index contributed by atoms with van der Waals surface area (Å²) in [6.45, 7) is 2.59. The van der Waals surface area contributed by atoms with E-state index in [4.69, 9.17) is 16.3 Å². The third-order valence-electron chi connectivity index (χ3n) is 6.03. The number of nitrogens with one attached hydrogen (secondary N) is 2. The number of nitrogens with zero attached hydrogens (tertiary/aromatic N) is 1. The maximum absolute atomic E-state index is 12.6. The van der Waals surface area contributed by atoms with Gasteiger partial charge >= 0.3 is 17.8 Å². The molecule has 3 aromatic carbocycles. The zero-order chi connectivity index (χ0) is 28.3. The first-order chi connectivity index (χ1) is 18.6. The molecule has 0 bridgehead atoms. The first-order valence-electron chi connectivity index (χ1n) is 12.0. The molecule has 9 nitrogen and oxygen atoms in total. The first-order valence-corrected chi connectivity index (χ1v) is 13.5. The highest BCUT2D eigenvalue weighted by atomic mass is 127. The van der Waals surface area contributed by atoms with Gasteiger partial charge in [0.2, 0.25) is 0 Å². The van der Waals surface area contributed by atoms with Crippen LogP contribution in [0.1, 0.15) is 30.1 Å². The number of aryl methyl sites for hydroxylation is 1. The molecule has 11 heteroatoms. The monoisotopic (exact) mass is 661 g/mol. The van der Waals surface area contributed by atoms with Crippen molar-refractivity contribution in [2.24, 2.45) is 7.05 Å². The Hall–Kier alpha value is -3.77. The zero-order valence-corrected chi connectivity index (χ0v) is 24.0. The highest BCUT2D eigenvalue weighted by molar-refractivity contribution is 14.1. The van der Waals surface area contributed by atoms with E-state index in [-0.39, 0.29) is 11.3 Å². The summed E-state index contributed by atoms with van der Waals surface area (Å²) in [5.41, 5.74) is 2.67. The summed E-state index contributed by atoms with van der Waals surface area (Å²) in [4.78, 5) is 36.7. The molecular weight excluding hydrogens is 637 g/mol. The molecule has 202 valence electrons. The van der Waals surface area contributed by atoms with E-state index in [1.807, 2.05) is 10.6 Å². The van der Waals surface area contributed by atoms with Gasteiger partial charge in [0, 0.05) is 39.0 Å². The number of unbranched alkanes of at least 4 members (excludes halogenated alkanes) is 1. The number of hydrogen-bond donors (Lipinski definition) is 4. The lowest BCUT2D eigenvalue weighted by Gasteiger charge is -2.11. The topological polar surface area (TPSA) is 130 Å². The summed E-state index contributed by atoms with van der Waals surface area (Å²) in [7, 11) is 1.80. The van der Waals surface area contributed by atoms with Gasteiger partial charge in [0.25, 0.3) is 0 Å². The smallest absolute Gasteiger partial charge is 0.339 e. The van der Waals surface area contributed by atoms with Crippen molar-refractivity contribution in [2.45, 2.75) is 19.8 Å². The minimum absolute atomic E-state index is 0.190. The number of benzene rings is 3. The fourth-order valence-electron chi connectivity index (χ4n) is 4.06. The van der Waals surface area contributed by atoms with Crippen molar-refractivity contribution in [2.75, 3.05) is 17.2 Å². The molecule has 0 spiro atoms. The molecule has 0 saturated carbocycles. The van der Waals surface area contributed by atoms with E-state index in [9.17, 15) is 24.6 Å². The van der Waals surface area contributed by atoms with Gasteiger partial charge in [0.1, 0.15) is 17.1 Å². The van der Waals surface area contributed by atoms with Crippen molar-refractivity contribution in [3.8, 4) is 22.8 Å². The van der Waals surface area contributed by atoms with Crippen molar-refractivity contribution in [3.05, 3.63) is 68.8 Å². The molecule has 4 rings (SSSR count). The van der Waals surface area contributed by atoms with E-state index in [1.54, 1.807) is 37.4 Å². The van der Waals surface area contributed by atoms with Crippen LogP contribution in [0.3, 0.4) is 0 Å². The molecule has 39 heavy (non-hydrogen) atoms. The van der Waals surface area contributed by atoms with E-state index >= 15 is 0 Å². The number of aromatic hydroxyl groups is 1. The number of phenols is 1. The highest BCUT2D eigenvalue weighted by Crippen LogP contribution is 2.37. The standard InChI is InChI=1S/C28H25ClIN3O6/c1-3-4-10-39-23-9-8-17(12-20(23)29)32-27(36)26(35)31-16-7-5-6-15(11-16)25-24(30)18-13-19(28(37)38)22(34)14-21(18)33(25)2/h5-9,11-14,34H,3-4,10H2,1-2H3,(H,31,35)(H,32,36)(H,37,38). The molecule has 0 unspecified atom stereocenters. The number of amides is 2. The van der Waals surface area contributed by atoms with Crippen molar-refractivity contribution in [1.29, 1.82) is 0 Å². The molecule has 0 saturated heterocycles. The number of anilines is 2. The Bertz CT molecular complexity index is 1600. The first kappa shape index (κ1) is 28.2. The van der Waals surface area contributed by atoms with Crippen molar-refractivity contribution < 1.29 is 29.3 Å². The van der Waals surface area contributed by atoms with Crippen molar-refractivity contribution >= 4 is 74.3 Å². The third kappa shape index (κ3) is 6.12. The average molecular weight is 662 g/mol. The number of carboxylic acids is 1. The maximum atomic E-state index is 12.6. The van der Waals surface area contributed by atoms with Crippen LogP contribution in [0, 0.1) is 3.57 Å². The Morgan fingerprint density at radius 2 is 1.72 bits per heavy atom. The highest BCUT2D eigenvalue weighted by Gasteiger charge is 2.20. The van der Waals surface area contributed by atoms with Gasteiger partial charge in [-0.15, -0.1) is 0 Å². The van der Waals surface area contributed by atoms with Gasteiger partial charge in [-0.05, 0) is 65.4 Å². The van der Waals surface area contributed by atoms with E-state index in [2.05, 4.69) is 40.1 Å². The summed E-state index contributed by atoms with van der Waals surface area (Å²) in [6, 6.07) is 14.5. The predicted molar refractivity (Wildman–Crippen MR) is 159 cm³/mol. The Morgan fingerprint density at radius 3 is 2.36 bits per heavy atom. The molecule has 0 aliphatic heterocycles. The number of carbonyl (C=O) groups is 3. The van der Waals surface area contributed by atoms with E-state index in [0.29, 0.717) is 39.7 Å². The molecule has 1 aromatic heterocycles. The molecule has 2 amide bonds. The van der Waals surface area contributed by atoms with Crippen molar-refractivity contribution in [3.63, 3.8) is 0 Å². The molecular formula is C28H25ClIN3O6. The lowest BCUT2D eigenvalue weighted by atomic mass is 10.1. The number of carboxylic acid groups (broad SMARTS) is 1. The normalized spacial score (nSPS) is 10.9. The van der Waals surface area contributed by atoms with Crippen LogP contribution < -0.4 is 15.4 Å². The molecule has 4 aromatic rings. The SMILES string of the molecule is CCCCOc1ccc(NC(=O)C(=O)Nc2cccc(-c3c(I)c4cc(C(=O)O)c(O)cc4n3C)c2)cc1Cl. The molecule has 0 aliphatic rings. The molecule has 1 heterocycles. The van der Waals surface area contributed by atoms with Crippen molar-refractivity contribution in [1.82, 2.24) is 4.57 Å². The maximum Gasteiger partial charge on any atom is 0.339 e. The van der Waals surface area contributed by atoms with Gasteiger partial charge in [-0.1, -0.05) is 37.1 Å². The number of rotatable bonds is 8. The predicted octanol–water partition coefficient (Wildman–Crippen LogP) is 6.26. The lowest BCUT2D eigenvalue weighted by molar-refractivity contribution is -0.132. The van der Waals surface area contributed by atoms with Gasteiger partial charge in [0.05, 0.1) is 22.8 Å². The second kappa shape index (κ2) is 12.0. The van der Waals surface area contributed by atoms with E-state index in [1.165, 1.54) is 18.2 Å². The Kier molecular flexibility index (Phi) is 8.66. The lowest BCUT2D eigenvalue weighted by Crippen LogP contribution is -2.29. The van der Waals surface area contributed by atoms with Crippen LogP contribution >= 0.6 is 34.2 Å².